The average molecular weight is 349 g/mol. The van der Waals surface area contributed by atoms with Gasteiger partial charge in [-0.3, -0.25) is 4.79 Å². The highest BCUT2D eigenvalue weighted by molar-refractivity contribution is 9.10. The Morgan fingerprint density at radius 1 is 1.29 bits per heavy atom. The van der Waals surface area contributed by atoms with Crippen LogP contribution in [0.1, 0.15) is 11.1 Å². The van der Waals surface area contributed by atoms with E-state index in [1.807, 2.05) is 30.3 Å². The van der Waals surface area contributed by atoms with Crippen molar-refractivity contribution >= 4 is 33.2 Å². The third-order valence-corrected chi connectivity index (χ3v) is 3.74. The first-order valence-electron chi connectivity index (χ1n) is 6.50. The number of carbonyl (C=O) groups excluding carboxylic acids is 1. The second-order valence-electron chi connectivity index (χ2n) is 4.67. The molecule has 4 nitrogen and oxygen atoms in total. The number of nitrogens with one attached hydrogen (secondary N) is 1. The van der Waals surface area contributed by atoms with Gasteiger partial charge in [-0.15, -0.1) is 0 Å². The second-order valence-corrected chi connectivity index (χ2v) is 5.52. The molecule has 0 aliphatic rings. The lowest BCUT2D eigenvalue weighted by Crippen LogP contribution is -2.16. The highest BCUT2D eigenvalue weighted by Gasteiger charge is 2.10. The highest BCUT2D eigenvalue weighted by Crippen LogP contribution is 2.25. The van der Waals surface area contributed by atoms with Gasteiger partial charge in [-0.2, -0.15) is 0 Å². The predicted molar refractivity (Wildman–Crippen MR) is 88.0 cm³/mol. The van der Waals surface area contributed by atoms with Crippen molar-refractivity contribution in [2.75, 3.05) is 18.2 Å². The zero-order chi connectivity index (χ0) is 15.2. The van der Waals surface area contributed by atoms with E-state index >= 15 is 0 Å². The molecule has 0 aliphatic heterocycles. The van der Waals surface area contributed by atoms with Gasteiger partial charge in [-0.05, 0) is 29.8 Å². The average Bonchev–Trinajstić information content (AvgIpc) is 2.42. The van der Waals surface area contributed by atoms with Crippen molar-refractivity contribution in [1.82, 2.24) is 0 Å². The molecular weight excluding hydrogens is 332 g/mol. The molecule has 2 aromatic carbocycles. The fourth-order valence-corrected chi connectivity index (χ4v) is 2.53. The Hall–Kier alpha value is -1.85. The molecule has 21 heavy (non-hydrogen) atoms. The molecule has 5 heteroatoms. The monoisotopic (exact) mass is 348 g/mol. The van der Waals surface area contributed by atoms with Gasteiger partial charge >= 0.3 is 0 Å². The summed E-state index contributed by atoms with van der Waals surface area (Å²) in [5.41, 5.74) is 8.92. The van der Waals surface area contributed by atoms with Crippen LogP contribution in [0.15, 0.2) is 46.9 Å². The van der Waals surface area contributed by atoms with Crippen molar-refractivity contribution in [3.8, 4) is 0 Å². The molecule has 3 N–H and O–H groups in total. The molecule has 110 valence electrons. The first-order valence-corrected chi connectivity index (χ1v) is 7.30. The minimum Gasteiger partial charge on any atom is -0.399 e. The quantitative estimate of drug-likeness (QED) is 0.814. The number of nitrogen functional groups attached to an aromatic ring is 1. The van der Waals surface area contributed by atoms with Crippen LogP contribution in [-0.4, -0.2) is 13.0 Å². The molecule has 0 saturated heterocycles. The third kappa shape index (κ3) is 4.31. The first kappa shape index (κ1) is 15.5. The van der Waals surface area contributed by atoms with Crippen LogP contribution in [0, 0.1) is 0 Å². The number of halogens is 1. The van der Waals surface area contributed by atoms with E-state index in [1.165, 1.54) is 0 Å². The van der Waals surface area contributed by atoms with E-state index in [4.69, 9.17) is 10.5 Å². The SMILES string of the molecule is COCc1c(Br)cccc1NC(=O)Cc1cccc(N)c1. The molecule has 0 aromatic heterocycles. The molecule has 0 bridgehead atoms. The standard InChI is InChI=1S/C16H17BrN2O2/c1-21-10-13-14(17)6-3-7-15(13)19-16(20)9-11-4-2-5-12(18)8-11/h2-8H,9-10,18H2,1H3,(H,19,20). The van der Waals surface area contributed by atoms with Gasteiger partial charge in [-0.1, -0.05) is 34.1 Å². The van der Waals surface area contributed by atoms with E-state index in [0.29, 0.717) is 12.3 Å². The van der Waals surface area contributed by atoms with Crippen molar-refractivity contribution in [1.29, 1.82) is 0 Å². The molecular formula is C16H17BrN2O2. The van der Waals surface area contributed by atoms with Crippen LogP contribution in [0.3, 0.4) is 0 Å². The fourth-order valence-electron chi connectivity index (χ4n) is 2.05. The van der Waals surface area contributed by atoms with Crippen LogP contribution < -0.4 is 11.1 Å². The summed E-state index contributed by atoms with van der Waals surface area (Å²) in [6.45, 7) is 0.426. The summed E-state index contributed by atoms with van der Waals surface area (Å²) < 4.78 is 6.08. The number of anilines is 2. The van der Waals surface area contributed by atoms with Crippen molar-refractivity contribution in [3.63, 3.8) is 0 Å². The molecule has 2 rings (SSSR count). The summed E-state index contributed by atoms with van der Waals surface area (Å²) in [6, 6.07) is 13.0. The zero-order valence-corrected chi connectivity index (χ0v) is 13.3. The number of benzene rings is 2. The van der Waals surface area contributed by atoms with Crippen LogP contribution >= 0.6 is 15.9 Å². The Morgan fingerprint density at radius 3 is 2.76 bits per heavy atom. The molecule has 0 fully saturated rings. The molecule has 0 heterocycles. The molecule has 2 aromatic rings. The lowest BCUT2D eigenvalue weighted by Gasteiger charge is -2.12. The molecule has 0 spiro atoms. The molecule has 0 atom stereocenters. The van der Waals surface area contributed by atoms with E-state index in [0.717, 1.165) is 21.3 Å². The summed E-state index contributed by atoms with van der Waals surface area (Å²) >= 11 is 3.47. The number of hydrogen-bond donors (Lipinski definition) is 2. The van der Waals surface area contributed by atoms with Crippen LogP contribution in [0.4, 0.5) is 11.4 Å². The number of hydrogen-bond acceptors (Lipinski definition) is 3. The van der Waals surface area contributed by atoms with E-state index in [2.05, 4.69) is 21.2 Å². The lowest BCUT2D eigenvalue weighted by molar-refractivity contribution is -0.115. The van der Waals surface area contributed by atoms with Gasteiger partial charge in [-0.25, -0.2) is 0 Å². The van der Waals surface area contributed by atoms with E-state index in [9.17, 15) is 4.79 Å². The predicted octanol–water partition coefficient (Wildman–Crippen LogP) is 3.36. The van der Waals surface area contributed by atoms with Crippen molar-refractivity contribution in [2.45, 2.75) is 13.0 Å². The van der Waals surface area contributed by atoms with E-state index in [1.54, 1.807) is 19.2 Å². The van der Waals surface area contributed by atoms with Gasteiger partial charge in [0, 0.05) is 28.5 Å². The maximum Gasteiger partial charge on any atom is 0.228 e. The van der Waals surface area contributed by atoms with Gasteiger partial charge in [0.15, 0.2) is 0 Å². The van der Waals surface area contributed by atoms with Gasteiger partial charge in [0.25, 0.3) is 0 Å². The summed E-state index contributed by atoms with van der Waals surface area (Å²) in [5.74, 6) is -0.0870. The van der Waals surface area contributed by atoms with Gasteiger partial charge < -0.3 is 15.8 Å². The van der Waals surface area contributed by atoms with Crippen molar-refractivity contribution in [3.05, 3.63) is 58.1 Å². The van der Waals surface area contributed by atoms with Crippen LogP contribution in [0.2, 0.25) is 0 Å². The van der Waals surface area contributed by atoms with Gasteiger partial charge in [0.1, 0.15) is 0 Å². The summed E-state index contributed by atoms with van der Waals surface area (Å²) in [7, 11) is 1.62. The van der Waals surface area contributed by atoms with Crippen LogP contribution in [0.5, 0.6) is 0 Å². The second kappa shape index (κ2) is 7.24. The first-order chi connectivity index (χ1) is 10.1. The highest BCUT2D eigenvalue weighted by atomic mass is 79.9. The fraction of sp³-hybridized carbons (Fsp3) is 0.188. The number of rotatable bonds is 5. The van der Waals surface area contributed by atoms with Crippen LogP contribution in [0.25, 0.3) is 0 Å². The maximum atomic E-state index is 12.2. The molecule has 0 radical (unpaired) electrons. The Labute approximate surface area is 132 Å². The molecule has 0 aliphatic carbocycles. The number of ether oxygens (including phenoxy) is 1. The Morgan fingerprint density at radius 2 is 2.05 bits per heavy atom. The number of nitrogens with two attached hydrogens (primary N) is 1. The Balaban J connectivity index is 2.11. The third-order valence-electron chi connectivity index (χ3n) is 3.00. The molecule has 0 unspecified atom stereocenters. The zero-order valence-electron chi connectivity index (χ0n) is 11.7. The smallest absolute Gasteiger partial charge is 0.228 e. The van der Waals surface area contributed by atoms with Crippen molar-refractivity contribution in [2.24, 2.45) is 0 Å². The molecule has 1 amide bonds. The van der Waals surface area contributed by atoms with E-state index < -0.39 is 0 Å². The largest absolute Gasteiger partial charge is 0.399 e. The topological polar surface area (TPSA) is 64.3 Å². The minimum atomic E-state index is -0.0870. The Kier molecular flexibility index (Phi) is 5.36. The number of amides is 1. The van der Waals surface area contributed by atoms with E-state index in [-0.39, 0.29) is 12.3 Å². The van der Waals surface area contributed by atoms with Crippen molar-refractivity contribution < 1.29 is 9.53 Å². The summed E-state index contributed by atoms with van der Waals surface area (Å²) in [6.07, 6.45) is 0.282. The summed E-state index contributed by atoms with van der Waals surface area (Å²) in [4.78, 5) is 12.2. The minimum absolute atomic E-state index is 0.0870. The number of carbonyl (C=O) groups is 1. The summed E-state index contributed by atoms with van der Waals surface area (Å²) in [5, 5.41) is 2.91. The maximum absolute atomic E-state index is 12.2. The Bertz CT molecular complexity index is 644. The lowest BCUT2D eigenvalue weighted by atomic mass is 10.1. The number of methoxy groups -OCH3 is 1. The normalized spacial score (nSPS) is 10.4. The van der Waals surface area contributed by atoms with Gasteiger partial charge in [0.2, 0.25) is 5.91 Å². The van der Waals surface area contributed by atoms with Crippen LogP contribution in [-0.2, 0) is 22.6 Å². The molecule has 0 saturated carbocycles. The van der Waals surface area contributed by atoms with Gasteiger partial charge in [0.05, 0.1) is 13.0 Å².